The Kier molecular flexibility index (Phi) is 8.30. The number of ether oxygens (including phenoxy) is 3. The molecule has 2 aromatic rings. The lowest BCUT2D eigenvalue weighted by Crippen LogP contribution is -2.53. The van der Waals surface area contributed by atoms with Crippen molar-refractivity contribution in [2.24, 2.45) is 0 Å². The predicted octanol–water partition coefficient (Wildman–Crippen LogP) is 3.41. The number of hydrogen-bond donors (Lipinski definition) is 1. The molecule has 0 spiro atoms. The Labute approximate surface area is 184 Å². The van der Waals surface area contributed by atoms with E-state index in [1.807, 2.05) is 51.1 Å². The largest absolute Gasteiger partial charge is 0.496 e. The average molecular weight is 429 g/mol. The van der Waals surface area contributed by atoms with E-state index in [0.29, 0.717) is 23.8 Å². The van der Waals surface area contributed by atoms with E-state index in [4.69, 9.17) is 14.2 Å². The molecule has 0 aliphatic rings. The van der Waals surface area contributed by atoms with E-state index in [0.717, 1.165) is 5.56 Å². The van der Waals surface area contributed by atoms with Gasteiger partial charge in [-0.25, -0.2) is 0 Å². The molecule has 1 unspecified atom stereocenters. The lowest BCUT2D eigenvalue weighted by atomic mass is 10.1. The number of amides is 2. The maximum absolute atomic E-state index is 13.1. The number of nitrogens with zero attached hydrogens (tertiary/aromatic N) is 1. The van der Waals surface area contributed by atoms with Crippen LogP contribution in [0, 0.1) is 0 Å². The molecule has 0 fully saturated rings. The number of carbonyl (C=O) groups is 2. The fraction of sp³-hybridized carbons (Fsp3) is 0.417. The van der Waals surface area contributed by atoms with Crippen LogP contribution in [0.4, 0.5) is 0 Å². The molecule has 0 saturated carbocycles. The van der Waals surface area contributed by atoms with Gasteiger partial charge in [0.05, 0.1) is 14.2 Å². The number of methoxy groups -OCH3 is 2. The Morgan fingerprint density at radius 1 is 0.968 bits per heavy atom. The lowest BCUT2D eigenvalue weighted by Gasteiger charge is -2.31. The van der Waals surface area contributed by atoms with Gasteiger partial charge in [0.15, 0.2) is 6.61 Å². The van der Waals surface area contributed by atoms with Crippen LogP contribution in [0.3, 0.4) is 0 Å². The summed E-state index contributed by atoms with van der Waals surface area (Å²) in [6, 6.07) is 13.9. The molecule has 0 radical (unpaired) electrons. The Morgan fingerprint density at radius 3 is 2.03 bits per heavy atom. The zero-order chi connectivity index (χ0) is 23.0. The van der Waals surface area contributed by atoms with Crippen LogP contribution in [0.5, 0.6) is 17.2 Å². The maximum atomic E-state index is 13.1. The van der Waals surface area contributed by atoms with Crippen LogP contribution in [-0.2, 0) is 16.1 Å². The van der Waals surface area contributed by atoms with Crippen LogP contribution >= 0.6 is 0 Å². The molecule has 168 valence electrons. The van der Waals surface area contributed by atoms with Crippen molar-refractivity contribution >= 4 is 11.8 Å². The molecule has 2 amide bonds. The number of benzene rings is 2. The smallest absolute Gasteiger partial charge is 0.261 e. The first-order valence-corrected chi connectivity index (χ1v) is 10.1. The second-order valence-corrected chi connectivity index (χ2v) is 8.26. The average Bonchev–Trinajstić information content (AvgIpc) is 2.74. The van der Waals surface area contributed by atoms with Crippen molar-refractivity contribution in [1.82, 2.24) is 10.2 Å². The van der Waals surface area contributed by atoms with Gasteiger partial charge in [-0.2, -0.15) is 0 Å². The van der Waals surface area contributed by atoms with Crippen LogP contribution < -0.4 is 19.5 Å². The Balaban J connectivity index is 2.18. The van der Waals surface area contributed by atoms with E-state index in [-0.39, 0.29) is 18.4 Å². The Hall–Kier alpha value is -3.22. The maximum Gasteiger partial charge on any atom is 0.261 e. The van der Waals surface area contributed by atoms with E-state index in [2.05, 4.69) is 5.32 Å². The molecule has 0 heterocycles. The van der Waals surface area contributed by atoms with E-state index < -0.39 is 11.6 Å². The van der Waals surface area contributed by atoms with E-state index in [9.17, 15) is 9.59 Å². The molecule has 7 heteroatoms. The highest BCUT2D eigenvalue weighted by atomic mass is 16.5. The van der Waals surface area contributed by atoms with Crippen molar-refractivity contribution in [3.8, 4) is 17.2 Å². The van der Waals surface area contributed by atoms with Crippen molar-refractivity contribution in [3.05, 3.63) is 54.1 Å². The summed E-state index contributed by atoms with van der Waals surface area (Å²) in [6.07, 6.45) is 0. The fourth-order valence-corrected chi connectivity index (χ4v) is 2.93. The van der Waals surface area contributed by atoms with Crippen molar-refractivity contribution < 1.29 is 23.8 Å². The molecule has 0 aromatic heterocycles. The molecule has 0 aliphatic heterocycles. The first kappa shape index (κ1) is 24.1. The summed E-state index contributed by atoms with van der Waals surface area (Å²) in [5.74, 6) is 1.03. The minimum atomic E-state index is -0.671. The zero-order valence-corrected chi connectivity index (χ0v) is 19.1. The van der Waals surface area contributed by atoms with Gasteiger partial charge in [-0.05, 0) is 33.3 Å². The van der Waals surface area contributed by atoms with Gasteiger partial charge in [-0.1, -0.05) is 30.3 Å². The highest BCUT2D eigenvalue weighted by Crippen LogP contribution is 2.27. The quantitative estimate of drug-likeness (QED) is 0.662. The number of nitrogens with one attached hydrogen (secondary N) is 1. The summed E-state index contributed by atoms with van der Waals surface area (Å²) < 4.78 is 16.2. The second-order valence-electron chi connectivity index (χ2n) is 8.26. The summed E-state index contributed by atoms with van der Waals surface area (Å²) in [7, 11) is 3.08. The van der Waals surface area contributed by atoms with Crippen LogP contribution in [0.15, 0.2) is 48.5 Å². The van der Waals surface area contributed by atoms with Crippen molar-refractivity contribution in [1.29, 1.82) is 0 Å². The predicted molar refractivity (Wildman–Crippen MR) is 119 cm³/mol. The van der Waals surface area contributed by atoms with Crippen molar-refractivity contribution in [3.63, 3.8) is 0 Å². The number of hydrogen-bond acceptors (Lipinski definition) is 5. The summed E-state index contributed by atoms with van der Waals surface area (Å²) in [4.78, 5) is 27.4. The van der Waals surface area contributed by atoms with E-state index in [1.54, 1.807) is 39.3 Å². The minimum Gasteiger partial charge on any atom is -0.496 e. The highest BCUT2D eigenvalue weighted by molar-refractivity contribution is 5.88. The summed E-state index contributed by atoms with van der Waals surface area (Å²) >= 11 is 0. The van der Waals surface area contributed by atoms with Crippen LogP contribution in [0.1, 0.15) is 33.3 Å². The van der Waals surface area contributed by atoms with Crippen LogP contribution in [0.2, 0.25) is 0 Å². The van der Waals surface area contributed by atoms with Gasteiger partial charge in [0, 0.05) is 30.3 Å². The second kappa shape index (κ2) is 10.7. The molecule has 31 heavy (non-hydrogen) atoms. The molecular weight excluding hydrogens is 396 g/mol. The standard InChI is InChI=1S/C24H32N2O5/c1-17(23(28)25-24(2,3)4)26(15-18-10-8-7-9-11-18)22(27)16-31-21-13-19(29-5)12-20(14-21)30-6/h7-14,17H,15-16H2,1-6H3,(H,25,28). The van der Waals surface area contributed by atoms with E-state index in [1.165, 1.54) is 4.90 Å². The third kappa shape index (κ3) is 7.51. The first-order valence-electron chi connectivity index (χ1n) is 10.1. The normalized spacial score (nSPS) is 11.9. The third-order valence-electron chi connectivity index (χ3n) is 4.55. The summed E-state index contributed by atoms with van der Waals surface area (Å²) in [6.45, 7) is 7.50. The van der Waals surface area contributed by atoms with Gasteiger partial charge in [-0.15, -0.1) is 0 Å². The van der Waals surface area contributed by atoms with Gasteiger partial charge in [-0.3, -0.25) is 9.59 Å². The molecule has 2 aromatic carbocycles. The molecule has 2 rings (SSSR count). The molecule has 1 atom stereocenters. The monoisotopic (exact) mass is 428 g/mol. The Bertz CT molecular complexity index is 855. The van der Waals surface area contributed by atoms with Gasteiger partial charge in [0.25, 0.3) is 5.91 Å². The number of rotatable bonds is 9. The first-order chi connectivity index (χ1) is 14.6. The molecule has 0 bridgehead atoms. The SMILES string of the molecule is COc1cc(OC)cc(OCC(=O)N(Cc2ccccc2)C(C)C(=O)NC(C)(C)C)c1. The Morgan fingerprint density at radius 2 is 1.52 bits per heavy atom. The molecule has 0 aliphatic carbocycles. The molecular formula is C24H32N2O5. The third-order valence-corrected chi connectivity index (χ3v) is 4.55. The lowest BCUT2D eigenvalue weighted by molar-refractivity contribution is -0.142. The topological polar surface area (TPSA) is 77.1 Å². The van der Waals surface area contributed by atoms with Gasteiger partial charge in [0.2, 0.25) is 5.91 Å². The molecule has 1 N–H and O–H groups in total. The summed E-state index contributed by atoms with van der Waals surface area (Å²) in [5, 5.41) is 2.94. The van der Waals surface area contributed by atoms with E-state index >= 15 is 0 Å². The minimum absolute atomic E-state index is 0.222. The highest BCUT2D eigenvalue weighted by Gasteiger charge is 2.28. The van der Waals surface area contributed by atoms with Gasteiger partial charge < -0.3 is 24.4 Å². The van der Waals surface area contributed by atoms with Crippen LogP contribution in [0.25, 0.3) is 0 Å². The number of carbonyl (C=O) groups excluding carboxylic acids is 2. The molecule has 0 saturated heterocycles. The van der Waals surface area contributed by atoms with Gasteiger partial charge >= 0.3 is 0 Å². The van der Waals surface area contributed by atoms with Crippen molar-refractivity contribution in [2.45, 2.75) is 45.8 Å². The summed E-state index contributed by atoms with van der Waals surface area (Å²) in [5.41, 5.74) is 0.523. The van der Waals surface area contributed by atoms with Crippen LogP contribution in [-0.4, -0.2) is 49.1 Å². The fourth-order valence-electron chi connectivity index (χ4n) is 2.93. The van der Waals surface area contributed by atoms with Crippen molar-refractivity contribution in [2.75, 3.05) is 20.8 Å². The van der Waals surface area contributed by atoms with Gasteiger partial charge in [0.1, 0.15) is 23.3 Å². The zero-order valence-electron chi connectivity index (χ0n) is 19.1. The molecule has 7 nitrogen and oxygen atoms in total.